The number of aromatic nitrogens is 3. The number of carbonyl (C=O) groups is 1. The average Bonchev–Trinajstić information content (AvgIpc) is 3.33. The molecular formula is C28H22Cl2N4O. The van der Waals surface area contributed by atoms with E-state index in [-0.39, 0.29) is 5.91 Å². The number of fused-ring (bicyclic) bond motifs is 1. The van der Waals surface area contributed by atoms with E-state index in [1.165, 1.54) is 5.56 Å². The summed E-state index contributed by atoms with van der Waals surface area (Å²) >= 11 is 12.3. The van der Waals surface area contributed by atoms with Gasteiger partial charge in [-0.05, 0) is 35.7 Å². The van der Waals surface area contributed by atoms with Crippen molar-refractivity contribution in [1.82, 2.24) is 19.5 Å². The van der Waals surface area contributed by atoms with Gasteiger partial charge in [-0.1, -0.05) is 89.9 Å². The first-order chi connectivity index (χ1) is 17.1. The van der Waals surface area contributed by atoms with Crippen molar-refractivity contribution in [3.63, 3.8) is 0 Å². The summed E-state index contributed by atoms with van der Waals surface area (Å²) in [5.74, 6) is -0.112. The highest BCUT2D eigenvalue weighted by atomic mass is 35.5. The molecular weight excluding hydrogens is 479 g/mol. The van der Waals surface area contributed by atoms with Crippen molar-refractivity contribution in [3.05, 3.63) is 124 Å². The maximum atomic E-state index is 13.8. The molecule has 5 nitrogen and oxygen atoms in total. The fraction of sp³-hybridized carbons (Fsp3) is 0.107. The minimum atomic E-state index is -0.112. The molecule has 0 spiro atoms. The summed E-state index contributed by atoms with van der Waals surface area (Å²) in [6.07, 6.45) is 4.02. The minimum Gasteiger partial charge on any atom is -0.334 e. The highest BCUT2D eigenvalue weighted by molar-refractivity contribution is 6.42. The number of hydrogen-bond acceptors (Lipinski definition) is 3. The lowest BCUT2D eigenvalue weighted by atomic mass is 10.1. The van der Waals surface area contributed by atoms with Gasteiger partial charge in [0.1, 0.15) is 5.56 Å². The largest absolute Gasteiger partial charge is 0.334 e. The van der Waals surface area contributed by atoms with Gasteiger partial charge < -0.3 is 4.90 Å². The Bertz CT molecular complexity index is 1470. The third kappa shape index (κ3) is 5.06. The van der Waals surface area contributed by atoms with Crippen molar-refractivity contribution in [1.29, 1.82) is 0 Å². The van der Waals surface area contributed by atoms with Crippen LogP contribution in [0.15, 0.2) is 97.3 Å². The number of benzene rings is 3. The zero-order valence-corrected chi connectivity index (χ0v) is 20.3. The second-order valence-electron chi connectivity index (χ2n) is 8.20. The topological polar surface area (TPSA) is 50.5 Å². The fourth-order valence-corrected chi connectivity index (χ4v) is 4.35. The minimum absolute atomic E-state index is 0.112. The molecule has 0 bridgehead atoms. The summed E-state index contributed by atoms with van der Waals surface area (Å²) in [5, 5.41) is 5.44. The molecule has 0 aliphatic heterocycles. The SMILES string of the molecule is O=C(c1cnn2c(-c3ccc(Cl)c(Cl)c3)ccnc12)N(CCc1ccccc1)Cc1ccccc1. The van der Waals surface area contributed by atoms with Crippen molar-refractivity contribution in [2.24, 2.45) is 0 Å². The Morgan fingerprint density at radius 1 is 0.857 bits per heavy atom. The molecule has 3 aromatic carbocycles. The predicted molar refractivity (Wildman–Crippen MR) is 140 cm³/mol. The number of nitrogens with zero attached hydrogens (tertiary/aromatic N) is 4. The monoisotopic (exact) mass is 500 g/mol. The van der Waals surface area contributed by atoms with Gasteiger partial charge in [0.15, 0.2) is 5.65 Å². The summed E-state index contributed by atoms with van der Waals surface area (Å²) in [6.45, 7) is 1.07. The molecule has 5 rings (SSSR count). The van der Waals surface area contributed by atoms with Crippen LogP contribution in [0, 0.1) is 0 Å². The molecule has 174 valence electrons. The van der Waals surface area contributed by atoms with Crippen LogP contribution in [0.25, 0.3) is 16.9 Å². The van der Waals surface area contributed by atoms with Crippen LogP contribution in [0.5, 0.6) is 0 Å². The van der Waals surface area contributed by atoms with Crippen LogP contribution < -0.4 is 0 Å². The highest BCUT2D eigenvalue weighted by Crippen LogP contribution is 2.29. The molecule has 35 heavy (non-hydrogen) atoms. The van der Waals surface area contributed by atoms with E-state index in [4.69, 9.17) is 23.2 Å². The molecule has 0 fully saturated rings. The van der Waals surface area contributed by atoms with Gasteiger partial charge in [0.05, 0.1) is 21.9 Å². The van der Waals surface area contributed by atoms with Gasteiger partial charge >= 0.3 is 0 Å². The van der Waals surface area contributed by atoms with E-state index in [0.717, 1.165) is 23.2 Å². The average molecular weight is 501 g/mol. The lowest BCUT2D eigenvalue weighted by Gasteiger charge is -2.22. The summed E-state index contributed by atoms with van der Waals surface area (Å²) in [6, 6.07) is 27.4. The summed E-state index contributed by atoms with van der Waals surface area (Å²) in [4.78, 5) is 20.1. The van der Waals surface area contributed by atoms with Gasteiger partial charge in [0.25, 0.3) is 5.91 Å². The molecule has 0 unspecified atom stereocenters. The molecule has 0 atom stereocenters. The van der Waals surface area contributed by atoms with Crippen LogP contribution in [-0.4, -0.2) is 31.9 Å². The molecule has 0 aliphatic carbocycles. The highest BCUT2D eigenvalue weighted by Gasteiger charge is 2.22. The van der Waals surface area contributed by atoms with Crippen LogP contribution >= 0.6 is 23.2 Å². The number of hydrogen-bond donors (Lipinski definition) is 0. The lowest BCUT2D eigenvalue weighted by molar-refractivity contribution is 0.0747. The Balaban J connectivity index is 1.49. The maximum absolute atomic E-state index is 13.8. The summed E-state index contributed by atoms with van der Waals surface area (Å²) in [5.41, 5.74) is 4.80. The lowest BCUT2D eigenvalue weighted by Crippen LogP contribution is -2.32. The molecule has 0 saturated heterocycles. The van der Waals surface area contributed by atoms with Gasteiger partial charge in [-0.2, -0.15) is 5.10 Å². The van der Waals surface area contributed by atoms with E-state index in [1.807, 2.05) is 65.6 Å². The predicted octanol–water partition coefficient (Wildman–Crippen LogP) is 6.59. The third-order valence-electron chi connectivity index (χ3n) is 5.86. The molecule has 2 heterocycles. The summed E-state index contributed by atoms with van der Waals surface area (Å²) in [7, 11) is 0. The van der Waals surface area contributed by atoms with Crippen LogP contribution in [0.1, 0.15) is 21.5 Å². The van der Waals surface area contributed by atoms with Crippen molar-refractivity contribution in [2.75, 3.05) is 6.54 Å². The van der Waals surface area contributed by atoms with E-state index < -0.39 is 0 Å². The first-order valence-electron chi connectivity index (χ1n) is 11.3. The number of halogens is 2. The zero-order chi connectivity index (χ0) is 24.2. The van der Waals surface area contributed by atoms with E-state index in [9.17, 15) is 4.79 Å². The Labute approximate surface area is 213 Å². The van der Waals surface area contributed by atoms with E-state index in [2.05, 4.69) is 22.2 Å². The van der Waals surface area contributed by atoms with E-state index in [1.54, 1.807) is 29.0 Å². The first kappa shape index (κ1) is 23.1. The molecule has 5 aromatic rings. The van der Waals surface area contributed by atoms with Gasteiger partial charge in [-0.25, -0.2) is 9.50 Å². The quantitative estimate of drug-likeness (QED) is 0.253. The van der Waals surface area contributed by atoms with Gasteiger partial charge in [-0.3, -0.25) is 4.79 Å². The van der Waals surface area contributed by atoms with Gasteiger partial charge in [-0.15, -0.1) is 0 Å². The van der Waals surface area contributed by atoms with Crippen molar-refractivity contribution in [2.45, 2.75) is 13.0 Å². The third-order valence-corrected chi connectivity index (χ3v) is 6.60. The molecule has 0 saturated carbocycles. The molecule has 0 aliphatic rings. The number of rotatable bonds is 7. The Hall–Kier alpha value is -3.67. The fourth-order valence-electron chi connectivity index (χ4n) is 4.05. The number of carbonyl (C=O) groups excluding carboxylic acids is 1. The summed E-state index contributed by atoms with van der Waals surface area (Å²) < 4.78 is 1.67. The van der Waals surface area contributed by atoms with Crippen molar-refractivity contribution < 1.29 is 4.79 Å². The standard InChI is InChI=1S/C28H22Cl2N4O/c29-24-12-11-22(17-25(24)30)26-13-15-31-27-23(18-32-34(26)27)28(35)33(19-21-9-5-2-6-10-21)16-14-20-7-3-1-4-8-20/h1-13,15,17-18H,14,16,19H2. The van der Waals surface area contributed by atoms with Crippen LogP contribution in [-0.2, 0) is 13.0 Å². The Morgan fingerprint density at radius 2 is 1.57 bits per heavy atom. The van der Waals surface area contributed by atoms with Crippen LogP contribution in [0.2, 0.25) is 10.0 Å². The van der Waals surface area contributed by atoms with E-state index in [0.29, 0.717) is 34.3 Å². The first-order valence-corrected chi connectivity index (χ1v) is 12.0. The molecule has 0 N–H and O–H groups in total. The van der Waals surface area contributed by atoms with Crippen molar-refractivity contribution in [3.8, 4) is 11.3 Å². The second-order valence-corrected chi connectivity index (χ2v) is 9.01. The molecule has 0 radical (unpaired) electrons. The number of amides is 1. The van der Waals surface area contributed by atoms with Gasteiger partial charge in [0, 0.05) is 24.8 Å². The zero-order valence-electron chi connectivity index (χ0n) is 18.8. The molecule has 2 aromatic heterocycles. The smallest absolute Gasteiger partial charge is 0.259 e. The van der Waals surface area contributed by atoms with Gasteiger partial charge in [0.2, 0.25) is 0 Å². The normalized spacial score (nSPS) is 11.0. The Morgan fingerprint density at radius 3 is 2.29 bits per heavy atom. The second kappa shape index (κ2) is 10.3. The Kier molecular flexibility index (Phi) is 6.80. The van der Waals surface area contributed by atoms with E-state index >= 15 is 0 Å². The molecule has 1 amide bonds. The van der Waals surface area contributed by atoms with Crippen molar-refractivity contribution >= 4 is 34.8 Å². The van der Waals surface area contributed by atoms with Crippen LogP contribution in [0.4, 0.5) is 0 Å². The maximum Gasteiger partial charge on any atom is 0.259 e. The molecule has 7 heteroatoms. The van der Waals surface area contributed by atoms with Crippen LogP contribution in [0.3, 0.4) is 0 Å².